The summed E-state index contributed by atoms with van der Waals surface area (Å²) in [6, 6.07) is 0.479. The Morgan fingerprint density at radius 3 is 2.40 bits per heavy atom. The van der Waals surface area contributed by atoms with Crippen LogP contribution < -0.4 is 5.73 Å². The van der Waals surface area contributed by atoms with Crippen molar-refractivity contribution in [3.8, 4) is 0 Å². The van der Waals surface area contributed by atoms with Crippen LogP contribution >= 0.6 is 0 Å². The van der Waals surface area contributed by atoms with Crippen LogP contribution in [-0.2, 0) is 0 Å². The van der Waals surface area contributed by atoms with E-state index in [-0.39, 0.29) is 0 Å². The van der Waals surface area contributed by atoms with Crippen molar-refractivity contribution in [2.75, 3.05) is 19.6 Å². The van der Waals surface area contributed by atoms with Crippen molar-refractivity contribution in [2.24, 2.45) is 17.6 Å². The zero-order valence-corrected chi connectivity index (χ0v) is 10.1. The predicted octanol–water partition coefficient (Wildman–Crippen LogP) is 2.24. The van der Waals surface area contributed by atoms with Crippen molar-refractivity contribution < 1.29 is 0 Å². The zero-order valence-electron chi connectivity index (χ0n) is 10.1. The fourth-order valence-electron chi connectivity index (χ4n) is 2.79. The molecule has 0 aromatic rings. The van der Waals surface area contributed by atoms with E-state index in [4.69, 9.17) is 5.73 Å². The molecule has 88 valence electrons. The zero-order chi connectivity index (χ0) is 10.7. The molecular weight excluding hydrogens is 184 g/mol. The average Bonchev–Trinajstić information content (AvgIpc) is 3.04. The summed E-state index contributed by atoms with van der Waals surface area (Å²) in [6.07, 6.45) is 8.31. The highest BCUT2D eigenvalue weighted by atomic mass is 15.1. The summed E-state index contributed by atoms with van der Waals surface area (Å²) >= 11 is 0. The van der Waals surface area contributed by atoms with Crippen LogP contribution in [0.4, 0.5) is 0 Å². The summed E-state index contributed by atoms with van der Waals surface area (Å²) in [5, 5.41) is 0. The molecule has 2 nitrogen and oxygen atoms in total. The van der Waals surface area contributed by atoms with Gasteiger partial charge < -0.3 is 10.6 Å². The molecule has 0 amide bonds. The van der Waals surface area contributed by atoms with Crippen LogP contribution in [0.5, 0.6) is 0 Å². The molecule has 0 aromatic heterocycles. The Balaban J connectivity index is 1.75. The molecule has 0 heterocycles. The van der Waals surface area contributed by atoms with Gasteiger partial charge in [0.2, 0.25) is 0 Å². The summed E-state index contributed by atoms with van der Waals surface area (Å²) < 4.78 is 0. The predicted molar refractivity (Wildman–Crippen MR) is 64.8 cm³/mol. The first-order chi connectivity index (χ1) is 7.29. The van der Waals surface area contributed by atoms with Gasteiger partial charge in [-0.05, 0) is 44.1 Å². The van der Waals surface area contributed by atoms with Gasteiger partial charge >= 0.3 is 0 Å². The van der Waals surface area contributed by atoms with Gasteiger partial charge in [0.1, 0.15) is 0 Å². The molecule has 15 heavy (non-hydrogen) atoms. The summed E-state index contributed by atoms with van der Waals surface area (Å²) in [5.74, 6) is 1.79. The van der Waals surface area contributed by atoms with Crippen LogP contribution in [0, 0.1) is 11.8 Å². The number of hydrogen-bond acceptors (Lipinski definition) is 2. The Labute approximate surface area is 94.2 Å². The lowest BCUT2D eigenvalue weighted by molar-refractivity contribution is 0.185. The van der Waals surface area contributed by atoms with Crippen LogP contribution in [0.3, 0.4) is 0 Å². The first kappa shape index (κ1) is 11.4. The minimum Gasteiger partial charge on any atom is -0.327 e. The molecule has 0 saturated heterocycles. The summed E-state index contributed by atoms with van der Waals surface area (Å²) in [6.45, 7) is 6.09. The van der Waals surface area contributed by atoms with Gasteiger partial charge in [0.05, 0.1) is 0 Å². The smallest absolute Gasteiger partial charge is 0.00793 e. The first-order valence-corrected chi connectivity index (χ1v) is 6.77. The minimum atomic E-state index is 0.479. The van der Waals surface area contributed by atoms with Crippen LogP contribution in [-0.4, -0.2) is 30.6 Å². The number of nitrogens with two attached hydrogens (primary N) is 1. The SMILES string of the molecule is CCN(CC1CC1)CC1CCCCC1N. The molecule has 2 N–H and O–H groups in total. The van der Waals surface area contributed by atoms with Crippen molar-refractivity contribution in [1.29, 1.82) is 0 Å². The fraction of sp³-hybridized carbons (Fsp3) is 1.00. The second-order valence-electron chi connectivity index (χ2n) is 5.50. The van der Waals surface area contributed by atoms with E-state index in [1.807, 2.05) is 0 Å². The number of hydrogen-bond donors (Lipinski definition) is 1. The first-order valence-electron chi connectivity index (χ1n) is 6.77. The Kier molecular flexibility index (Phi) is 4.04. The van der Waals surface area contributed by atoms with Crippen LogP contribution in [0.25, 0.3) is 0 Å². The second-order valence-corrected chi connectivity index (χ2v) is 5.50. The van der Waals surface area contributed by atoms with Gasteiger partial charge in [-0.15, -0.1) is 0 Å². The molecule has 0 bridgehead atoms. The molecule has 2 fully saturated rings. The number of nitrogens with zero attached hydrogens (tertiary/aromatic N) is 1. The van der Waals surface area contributed by atoms with E-state index in [2.05, 4.69) is 11.8 Å². The Bertz CT molecular complexity index is 189. The third kappa shape index (κ3) is 3.46. The normalized spacial score (nSPS) is 32.2. The van der Waals surface area contributed by atoms with E-state index in [1.165, 1.54) is 58.2 Å². The highest BCUT2D eigenvalue weighted by Crippen LogP contribution is 2.31. The quantitative estimate of drug-likeness (QED) is 0.754. The fourth-order valence-corrected chi connectivity index (χ4v) is 2.79. The molecule has 2 aliphatic carbocycles. The lowest BCUT2D eigenvalue weighted by Gasteiger charge is -2.33. The maximum absolute atomic E-state index is 6.20. The standard InChI is InChI=1S/C13H26N2/c1-2-15(9-11-7-8-11)10-12-5-3-4-6-13(12)14/h11-13H,2-10,14H2,1H3. The Morgan fingerprint density at radius 2 is 1.80 bits per heavy atom. The molecule has 2 atom stereocenters. The summed E-state index contributed by atoms with van der Waals surface area (Å²) in [5.41, 5.74) is 6.20. The molecule has 2 heteroatoms. The molecule has 0 aliphatic heterocycles. The van der Waals surface area contributed by atoms with Gasteiger partial charge in [-0.1, -0.05) is 19.8 Å². The third-order valence-corrected chi connectivity index (χ3v) is 4.12. The molecule has 0 radical (unpaired) electrons. The van der Waals surface area contributed by atoms with Crippen LogP contribution in [0.1, 0.15) is 45.4 Å². The van der Waals surface area contributed by atoms with Gasteiger partial charge in [0.15, 0.2) is 0 Å². The molecular formula is C13H26N2. The third-order valence-electron chi connectivity index (χ3n) is 4.12. The van der Waals surface area contributed by atoms with Crippen molar-refractivity contribution in [3.05, 3.63) is 0 Å². The Hall–Kier alpha value is -0.0800. The van der Waals surface area contributed by atoms with E-state index < -0.39 is 0 Å². The van der Waals surface area contributed by atoms with E-state index in [0.29, 0.717) is 6.04 Å². The van der Waals surface area contributed by atoms with Crippen molar-refractivity contribution >= 4 is 0 Å². The minimum absolute atomic E-state index is 0.479. The van der Waals surface area contributed by atoms with Crippen molar-refractivity contribution in [1.82, 2.24) is 4.90 Å². The maximum atomic E-state index is 6.20. The monoisotopic (exact) mass is 210 g/mol. The highest BCUT2D eigenvalue weighted by molar-refractivity contribution is 4.83. The lowest BCUT2D eigenvalue weighted by atomic mass is 9.84. The van der Waals surface area contributed by atoms with Gasteiger partial charge in [0, 0.05) is 19.1 Å². The lowest BCUT2D eigenvalue weighted by Crippen LogP contribution is -2.41. The molecule has 0 spiro atoms. The maximum Gasteiger partial charge on any atom is 0.00793 e. The molecule has 0 aromatic carbocycles. The average molecular weight is 210 g/mol. The number of rotatable bonds is 5. The highest BCUT2D eigenvalue weighted by Gasteiger charge is 2.27. The Morgan fingerprint density at radius 1 is 1.07 bits per heavy atom. The van der Waals surface area contributed by atoms with E-state index >= 15 is 0 Å². The van der Waals surface area contributed by atoms with Gasteiger partial charge in [0.25, 0.3) is 0 Å². The van der Waals surface area contributed by atoms with Gasteiger partial charge in [-0.3, -0.25) is 0 Å². The van der Waals surface area contributed by atoms with E-state index in [0.717, 1.165) is 11.8 Å². The molecule has 2 unspecified atom stereocenters. The molecule has 2 aliphatic rings. The van der Waals surface area contributed by atoms with E-state index in [9.17, 15) is 0 Å². The van der Waals surface area contributed by atoms with E-state index in [1.54, 1.807) is 0 Å². The molecule has 2 rings (SSSR count). The van der Waals surface area contributed by atoms with Gasteiger partial charge in [-0.25, -0.2) is 0 Å². The van der Waals surface area contributed by atoms with Crippen molar-refractivity contribution in [2.45, 2.75) is 51.5 Å². The summed E-state index contributed by atoms with van der Waals surface area (Å²) in [4.78, 5) is 2.63. The largest absolute Gasteiger partial charge is 0.327 e. The molecule has 2 saturated carbocycles. The van der Waals surface area contributed by atoms with Gasteiger partial charge in [-0.2, -0.15) is 0 Å². The second kappa shape index (κ2) is 5.31. The topological polar surface area (TPSA) is 29.3 Å². The summed E-state index contributed by atoms with van der Waals surface area (Å²) in [7, 11) is 0. The van der Waals surface area contributed by atoms with Crippen LogP contribution in [0.15, 0.2) is 0 Å². The van der Waals surface area contributed by atoms with Crippen LogP contribution in [0.2, 0.25) is 0 Å². The van der Waals surface area contributed by atoms with Crippen molar-refractivity contribution in [3.63, 3.8) is 0 Å².